The van der Waals surface area contributed by atoms with Crippen LogP contribution in [0.4, 0.5) is 13.2 Å². The van der Waals surface area contributed by atoms with E-state index < -0.39 is 11.7 Å². The van der Waals surface area contributed by atoms with Crippen LogP contribution >= 0.6 is 0 Å². The number of halogens is 3. The van der Waals surface area contributed by atoms with Gasteiger partial charge in [-0.1, -0.05) is 134 Å². The molecule has 0 N–H and O–H groups in total. The number of hydrogen-bond acceptors (Lipinski definition) is 2. The Balaban J connectivity index is 2.08. The highest BCUT2D eigenvalue weighted by Gasteiger charge is 2.30. The second kappa shape index (κ2) is 21.9. The van der Waals surface area contributed by atoms with Gasteiger partial charge in [-0.3, -0.25) is 0 Å². The van der Waals surface area contributed by atoms with Gasteiger partial charge in [0.05, 0.1) is 18.8 Å². The van der Waals surface area contributed by atoms with Gasteiger partial charge in [-0.05, 0) is 66.8 Å². The van der Waals surface area contributed by atoms with Gasteiger partial charge in [0.25, 0.3) is 0 Å². The summed E-state index contributed by atoms with van der Waals surface area (Å²) in [7, 11) is 0. The van der Waals surface area contributed by atoms with Crippen LogP contribution in [0.15, 0.2) is 54.6 Å². The van der Waals surface area contributed by atoms with E-state index in [1.807, 2.05) is 43.4 Å². The maximum absolute atomic E-state index is 13.4. The predicted octanol–water partition coefficient (Wildman–Crippen LogP) is 12.9. The molecule has 0 amide bonds. The van der Waals surface area contributed by atoms with Crippen LogP contribution in [0.25, 0.3) is 11.6 Å². The average molecular weight is 601 g/mol. The molecule has 0 unspecified atom stereocenters. The fraction of sp³-hybridized carbons (Fsp3) is 0.579. The largest absolute Gasteiger partial charge is 0.490 e. The van der Waals surface area contributed by atoms with E-state index in [0.717, 1.165) is 43.1 Å². The van der Waals surface area contributed by atoms with Crippen molar-refractivity contribution >= 4 is 11.6 Å². The fourth-order valence-corrected chi connectivity index (χ4v) is 5.14. The highest BCUT2D eigenvalue weighted by Crippen LogP contribution is 2.34. The van der Waals surface area contributed by atoms with Crippen molar-refractivity contribution in [3.8, 4) is 11.5 Å². The number of alkyl halides is 3. The molecule has 0 aliphatic heterocycles. The Labute approximate surface area is 259 Å². The fourth-order valence-electron chi connectivity index (χ4n) is 5.14. The number of ether oxygens (including phenoxy) is 2. The number of benzene rings is 2. The molecule has 0 radical (unpaired) electrons. The van der Waals surface area contributed by atoms with E-state index in [2.05, 4.69) is 13.8 Å². The summed E-state index contributed by atoms with van der Waals surface area (Å²) in [4.78, 5) is 0. The first kappa shape index (κ1) is 36.5. The van der Waals surface area contributed by atoms with Crippen molar-refractivity contribution in [1.82, 2.24) is 0 Å². The van der Waals surface area contributed by atoms with Gasteiger partial charge in [0, 0.05) is 0 Å². The Morgan fingerprint density at radius 3 is 1.72 bits per heavy atom. The minimum Gasteiger partial charge on any atom is -0.490 e. The molecule has 0 fully saturated rings. The molecule has 5 heteroatoms. The molecule has 2 aromatic rings. The number of allylic oxidation sites excluding steroid dienone is 3. The monoisotopic (exact) mass is 600 g/mol. The zero-order valence-corrected chi connectivity index (χ0v) is 27.0. The van der Waals surface area contributed by atoms with Crippen molar-refractivity contribution in [1.29, 1.82) is 0 Å². The molecule has 0 aliphatic carbocycles. The van der Waals surface area contributed by atoms with E-state index in [4.69, 9.17) is 9.47 Å². The lowest BCUT2D eigenvalue weighted by molar-refractivity contribution is -0.137. The molecular weight excluding hydrogens is 545 g/mol. The zero-order chi connectivity index (χ0) is 31.2. The molecule has 0 bridgehead atoms. The quantitative estimate of drug-likeness (QED) is 0.0717. The molecule has 0 heterocycles. The normalized spacial score (nSPS) is 12.3. The molecule has 43 heavy (non-hydrogen) atoms. The number of unbranched alkanes of at least 4 members (excludes halogenated alkanes) is 14. The third-order valence-corrected chi connectivity index (χ3v) is 7.67. The smallest absolute Gasteiger partial charge is 0.416 e. The average Bonchev–Trinajstić information content (AvgIpc) is 2.99. The Kier molecular flexibility index (Phi) is 18.6. The first-order chi connectivity index (χ1) is 20.9. The first-order valence-corrected chi connectivity index (χ1v) is 16.8. The van der Waals surface area contributed by atoms with Crippen molar-refractivity contribution in [3.05, 3.63) is 71.3 Å². The summed E-state index contributed by atoms with van der Waals surface area (Å²) in [6.45, 7) is 7.60. The third-order valence-electron chi connectivity index (χ3n) is 7.67. The number of rotatable bonds is 23. The maximum atomic E-state index is 13.4. The summed E-state index contributed by atoms with van der Waals surface area (Å²) >= 11 is 0. The lowest BCUT2D eigenvalue weighted by Crippen LogP contribution is -2.05. The van der Waals surface area contributed by atoms with Gasteiger partial charge in [-0.15, -0.1) is 0 Å². The van der Waals surface area contributed by atoms with E-state index >= 15 is 0 Å². The molecule has 2 nitrogen and oxygen atoms in total. The zero-order valence-electron chi connectivity index (χ0n) is 27.0. The van der Waals surface area contributed by atoms with Crippen LogP contribution in [0.3, 0.4) is 0 Å². The van der Waals surface area contributed by atoms with Crippen molar-refractivity contribution in [2.24, 2.45) is 0 Å². The number of hydrogen-bond donors (Lipinski definition) is 0. The van der Waals surface area contributed by atoms with Crippen LogP contribution < -0.4 is 9.47 Å². The molecule has 0 aromatic heterocycles. The van der Waals surface area contributed by atoms with Gasteiger partial charge in [0.15, 0.2) is 11.5 Å². The molecule has 0 spiro atoms. The first-order valence-electron chi connectivity index (χ1n) is 16.8. The van der Waals surface area contributed by atoms with Gasteiger partial charge in [-0.25, -0.2) is 0 Å². The van der Waals surface area contributed by atoms with E-state index in [0.29, 0.717) is 30.1 Å². The SMILES string of the molecule is CC=C/C(=C/c1ccc(OCCCCCCCCCC)c(OCCCCCCCCCC)c1)c1cccc(C(F)(F)F)c1. The second-order valence-corrected chi connectivity index (χ2v) is 11.5. The Hall–Kier alpha value is -2.69. The van der Waals surface area contributed by atoms with Gasteiger partial charge < -0.3 is 9.47 Å². The second-order valence-electron chi connectivity index (χ2n) is 11.5. The van der Waals surface area contributed by atoms with Crippen molar-refractivity contribution in [3.63, 3.8) is 0 Å². The highest BCUT2D eigenvalue weighted by atomic mass is 19.4. The summed E-state index contributed by atoms with van der Waals surface area (Å²) in [5.74, 6) is 1.42. The van der Waals surface area contributed by atoms with Crippen molar-refractivity contribution in [2.45, 2.75) is 130 Å². The molecule has 2 aromatic carbocycles. The third kappa shape index (κ3) is 15.6. The Morgan fingerprint density at radius 1 is 0.651 bits per heavy atom. The van der Waals surface area contributed by atoms with Gasteiger partial charge in [0.2, 0.25) is 0 Å². The molecule has 0 aliphatic rings. The lowest BCUT2D eigenvalue weighted by atomic mass is 10.00. The maximum Gasteiger partial charge on any atom is 0.416 e. The minimum atomic E-state index is -4.39. The van der Waals surface area contributed by atoms with E-state index in [-0.39, 0.29) is 0 Å². The molecule has 0 saturated carbocycles. The Bertz CT molecular complexity index is 1070. The van der Waals surface area contributed by atoms with Crippen molar-refractivity contribution in [2.75, 3.05) is 13.2 Å². The highest BCUT2D eigenvalue weighted by molar-refractivity contribution is 5.88. The van der Waals surface area contributed by atoms with Crippen LogP contribution in [-0.2, 0) is 6.18 Å². The van der Waals surface area contributed by atoms with Crippen LogP contribution in [0.5, 0.6) is 11.5 Å². The van der Waals surface area contributed by atoms with E-state index in [1.54, 1.807) is 6.07 Å². The van der Waals surface area contributed by atoms with Crippen LogP contribution in [0.1, 0.15) is 140 Å². The van der Waals surface area contributed by atoms with Crippen LogP contribution in [-0.4, -0.2) is 13.2 Å². The molecule has 0 saturated heterocycles. The summed E-state index contributed by atoms with van der Waals surface area (Å²) in [6, 6.07) is 11.3. The summed E-state index contributed by atoms with van der Waals surface area (Å²) < 4.78 is 52.5. The van der Waals surface area contributed by atoms with Crippen LogP contribution in [0, 0.1) is 0 Å². The van der Waals surface area contributed by atoms with Gasteiger partial charge in [-0.2, -0.15) is 13.2 Å². The standard InChI is InChI=1S/C38H55F3O2/c1-4-7-9-11-13-15-17-19-27-42-36-26-25-32(30-37(36)43-28-20-18-16-14-12-10-8-5-2)29-33(22-6-3)34-23-21-24-35(31-34)38(39,40)41/h6,21-26,29-31H,4-5,7-20,27-28H2,1-3H3/b22-6?,33-29-. The van der Waals surface area contributed by atoms with Gasteiger partial charge in [0.1, 0.15) is 0 Å². The molecule has 240 valence electrons. The van der Waals surface area contributed by atoms with E-state index in [1.165, 1.54) is 89.2 Å². The molecule has 0 atom stereocenters. The Morgan fingerprint density at radius 2 is 1.19 bits per heavy atom. The minimum absolute atomic E-state index is 0.518. The summed E-state index contributed by atoms with van der Waals surface area (Å²) in [5, 5.41) is 0. The van der Waals surface area contributed by atoms with Crippen molar-refractivity contribution < 1.29 is 22.6 Å². The predicted molar refractivity (Wildman–Crippen MR) is 177 cm³/mol. The van der Waals surface area contributed by atoms with Crippen LogP contribution in [0.2, 0.25) is 0 Å². The van der Waals surface area contributed by atoms with Gasteiger partial charge >= 0.3 is 6.18 Å². The topological polar surface area (TPSA) is 18.5 Å². The molecule has 2 rings (SSSR count). The molecular formula is C38H55F3O2. The van der Waals surface area contributed by atoms with E-state index in [9.17, 15) is 13.2 Å². The summed E-state index contributed by atoms with van der Waals surface area (Å²) in [6.07, 6.45) is 21.0. The lowest BCUT2D eigenvalue weighted by Gasteiger charge is -2.14. The summed E-state index contributed by atoms with van der Waals surface area (Å²) in [5.41, 5.74) is 1.43.